The van der Waals surface area contributed by atoms with Crippen LogP contribution in [0.5, 0.6) is 5.75 Å². The molecule has 0 saturated heterocycles. The third kappa shape index (κ3) is 4.13. The van der Waals surface area contributed by atoms with E-state index in [-0.39, 0.29) is 29.5 Å². The van der Waals surface area contributed by atoms with Gasteiger partial charge in [0, 0.05) is 47.1 Å². The second-order valence-electron chi connectivity index (χ2n) is 10.9. The number of aromatic nitrogens is 4. The highest BCUT2D eigenvalue weighted by Crippen LogP contribution is 2.62. The quantitative estimate of drug-likeness (QED) is 0.316. The van der Waals surface area contributed by atoms with Gasteiger partial charge in [-0.2, -0.15) is 8.78 Å². The number of hydrogen-bond donors (Lipinski definition) is 1. The van der Waals surface area contributed by atoms with Gasteiger partial charge in [0.1, 0.15) is 17.2 Å². The van der Waals surface area contributed by atoms with Gasteiger partial charge in [-0.05, 0) is 56.2 Å². The number of alkyl halides is 2. The predicted molar refractivity (Wildman–Crippen MR) is 140 cm³/mol. The third-order valence-electron chi connectivity index (χ3n) is 8.67. The van der Waals surface area contributed by atoms with Crippen LogP contribution in [-0.2, 0) is 9.53 Å². The molecule has 3 aliphatic rings. The average molecular weight is 547 g/mol. The van der Waals surface area contributed by atoms with Crippen LogP contribution in [0.25, 0.3) is 16.8 Å². The largest absolute Gasteiger partial charge is 0.466 e. The highest BCUT2D eigenvalue weighted by atomic mass is 19.3. The lowest BCUT2D eigenvalue weighted by Crippen LogP contribution is -2.13. The molecule has 206 valence electrons. The van der Waals surface area contributed by atoms with E-state index in [1.165, 1.54) is 6.07 Å². The number of aliphatic hydroxyl groups is 1. The Morgan fingerprint density at radius 1 is 1.07 bits per heavy atom. The Morgan fingerprint density at radius 2 is 1.82 bits per heavy atom. The topological polar surface area (TPSA) is 98.8 Å². The van der Waals surface area contributed by atoms with E-state index in [2.05, 4.69) is 15.0 Å². The minimum Gasteiger partial charge on any atom is -0.466 e. The molecule has 1 N–H and O–H groups in total. The summed E-state index contributed by atoms with van der Waals surface area (Å²) in [5.74, 6) is 1.47. The Bertz CT molecular complexity index is 1580. The van der Waals surface area contributed by atoms with E-state index in [9.17, 15) is 18.7 Å². The number of carbonyl (C=O) groups excluding carboxylic acids is 1. The van der Waals surface area contributed by atoms with E-state index in [0.29, 0.717) is 41.8 Å². The van der Waals surface area contributed by atoms with E-state index < -0.39 is 12.7 Å². The molecule has 2 unspecified atom stereocenters. The van der Waals surface area contributed by atoms with Crippen LogP contribution in [0.2, 0.25) is 0 Å². The van der Waals surface area contributed by atoms with Gasteiger partial charge in [-0.1, -0.05) is 18.2 Å². The predicted octanol–water partition coefficient (Wildman–Crippen LogP) is 5.26. The molecule has 6 atom stereocenters. The highest BCUT2D eigenvalue weighted by Gasteiger charge is 2.60. The molecule has 2 saturated carbocycles. The zero-order chi connectivity index (χ0) is 27.5. The summed E-state index contributed by atoms with van der Waals surface area (Å²) >= 11 is 0. The van der Waals surface area contributed by atoms with Gasteiger partial charge >= 0.3 is 12.6 Å². The SMILES string of the molecule is CCOC(=O)C1[C@H]2CC(c3ncc(-c4ccc5nc6c(n5c4)[C@@H](c4ccccc4OC(F)F)C[C@H]6O)cn3)C[C@@H]12. The Hall–Kier alpha value is -3.92. The zero-order valence-electron chi connectivity index (χ0n) is 21.8. The second-order valence-corrected chi connectivity index (χ2v) is 10.9. The molecule has 0 aliphatic heterocycles. The van der Waals surface area contributed by atoms with E-state index in [0.717, 1.165) is 35.5 Å². The van der Waals surface area contributed by atoms with Crippen molar-refractivity contribution >= 4 is 11.6 Å². The summed E-state index contributed by atoms with van der Waals surface area (Å²) in [7, 11) is 0. The van der Waals surface area contributed by atoms with Crippen molar-refractivity contribution in [2.75, 3.05) is 6.61 Å². The van der Waals surface area contributed by atoms with Crippen LogP contribution in [0.1, 0.15) is 66.9 Å². The van der Waals surface area contributed by atoms with Gasteiger partial charge in [0.05, 0.1) is 30.0 Å². The van der Waals surface area contributed by atoms with Crippen LogP contribution in [0, 0.1) is 17.8 Å². The summed E-state index contributed by atoms with van der Waals surface area (Å²) < 4.78 is 38.1. The van der Waals surface area contributed by atoms with Gasteiger partial charge in [-0.15, -0.1) is 0 Å². The standard InChI is InChI=1S/C30H28F2N4O4/c1-2-39-29(38)25-19-9-16(10-20(19)25)28-33-12-17(13-34-28)15-7-8-24-35-26-22(37)11-21(27(26)36(24)14-15)18-5-3-4-6-23(18)40-30(31)32/h3-8,12-14,16,19-22,25,30,37H,2,9-11H2,1H3/t16?,19-,20+,21-,22-,25?/m1/s1. The lowest BCUT2D eigenvalue weighted by molar-refractivity contribution is -0.145. The minimum absolute atomic E-state index is 0.0374. The monoisotopic (exact) mass is 546 g/mol. The maximum atomic E-state index is 13.1. The highest BCUT2D eigenvalue weighted by molar-refractivity contribution is 5.77. The molecule has 7 rings (SSSR count). The molecule has 3 aliphatic carbocycles. The van der Waals surface area contributed by atoms with Crippen molar-refractivity contribution in [3.63, 3.8) is 0 Å². The van der Waals surface area contributed by atoms with Gasteiger partial charge < -0.3 is 19.0 Å². The van der Waals surface area contributed by atoms with E-state index >= 15 is 0 Å². The number of imidazole rings is 1. The molecule has 2 fully saturated rings. The first-order valence-corrected chi connectivity index (χ1v) is 13.7. The molecule has 4 aromatic rings. The fraction of sp³-hybridized carbons (Fsp3) is 0.400. The van der Waals surface area contributed by atoms with Crippen molar-refractivity contribution in [3.8, 4) is 16.9 Å². The molecule has 10 heteroatoms. The van der Waals surface area contributed by atoms with Crippen LogP contribution >= 0.6 is 0 Å². The van der Waals surface area contributed by atoms with Crippen LogP contribution in [0.15, 0.2) is 55.0 Å². The Balaban J connectivity index is 1.15. The number of nitrogens with zero attached hydrogens (tertiary/aromatic N) is 4. The maximum Gasteiger partial charge on any atom is 0.387 e. The van der Waals surface area contributed by atoms with Crippen molar-refractivity contribution < 1.29 is 28.2 Å². The summed E-state index contributed by atoms with van der Waals surface area (Å²) in [5, 5.41) is 10.8. The Morgan fingerprint density at radius 3 is 2.55 bits per heavy atom. The maximum absolute atomic E-state index is 13.1. The molecular formula is C30H28F2N4O4. The number of hydrogen-bond acceptors (Lipinski definition) is 7. The van der Waals surface area contributed by atoms with Crippen LogP contribution in [-0.4, -0.2) is 43.6 Å². The molecule has 1 aromatic carbocycles. The number of halogens is 2. The van der Waals surface area contributed by atoms with Gasteiger partial charge in [0.15, 0.2) is 0 Å². The number of ether oxygens (including phenoxy) is 2. The molecule has 3 aromatic heterocycles. The van der Waals surface area contributed by atoms with E-state index in [4.69, 9.17) is 9.47 Å². The normalized spacial score (nSPS) is 26.6. The number of rotatable bonds is 7. The van der Waals surface area contributed by atoms with Crippen molar-refractivity contribution in [2.45, 2.75) is 50.7 Å². The average Bonchev–Trinajstić information content (AvgIpc) is 3.24. The van der Waals surface area contributed by atoms with Gasteiger partial charge in [-0.3, -0.25) is 4.79 Å². The summed E-state index contributed by atoms with van der Waals surface area (Å²) in [5.41, 5.74) is 4.24. The van der Waals surface area contributed by atoms with Gasteiger partial charge in [-0.25, -0.2) is 15.0 Å². The lowest BCUT2D eigenvalue weighted by atomic mass is 9.95. The van der Waals surface area contributed by atoms with Crippen molar-refractivity contribution in [2.24, 2.45) is 17.8 Å². The number of pyridine rings is 1. The van der Waals surface area contributed by atoms with Crippen LogP contribution < -0.4 is 4.74 Å². The number of aliphatic hydroxyl groups excluding tert-OH is 1. The van der Waals surface area contributed by atoms with Crippen molar-refractivity contribution in [3.05, 3.63) is 77.8 Å². The molecule has 8 nitrogen and oxygen atoms in total. The Labute approximate surface area is 229 Å². The molecule has 3 heterocycles. The molecule has 0 bridgehead atoms. The summed E-state index contributed by atoms with van der Waals surface area (Å²) in [6.45, 7) is -0.700. The van der Waals surface area contributed by atoms with E-state index in [1.807, 2.05) is 42.0 Å². The first-order valence-electron chi connectivity index (χ1n) is 13.7. The second kappa shape index (κ2) is 9.62. The summed E-state index contributed by atoms with van der Waals surface area (Å²) in [6, 6.07) is 10.5. The lowest BCUT2D eigenvalue weighted by Gasteiger charge is -2.17. The zero-order valence-corrected chi connectivity index (χ0v) is 21.8. The summed E-state index contributed by atoms with van der Waals surface area (Å²) in [4.78, 5) is 26.1. The van der Waals surface area contributed by atoms with Gasteiger partial charge in [0.25, 0.3) is 0 Å². The van der Waals surface area contributed by atoms with Crippen molar-refractivity contribution in [1.82, 2.24) is 19.4 Å². The molecular weight excluding hydrogens is 518 g/mol. The number of esters is 1. The number of carbonyl (C=O) groups is 1. The fourth-order valence-corrected chi connectivity index (χ4v) is 6.87. The fourth-order valence-electron chi connectivity index (χ4n) is 6.87. The molecule has 40 heavy (non-hydrogen) atoms. The smallest absolute Gasteiger partial charge is 0.387 e. The molecule has 0 amide bonds. The van der Waals surface area contributed by atoms with Crippen LogP contribution in [0.4, 0.5) is 8.78 Å². The van der Waals surface area contributed by atoms with E-state index in [1.54, 1.807) is 18.2 Å². The molecule has 0 spiro atoms. The van der Waals surface area contributed by atoms with Crippen molar-refractivity contribution in [1.29, 1.82) is 0 Å². The first kappa shape index (κ1) is 25.1. The number of para-hydroxylation sites is 1. The molecule has 0 radical (unpaired) electrons. The number of benzene rings is 1. The first-order chi connectivity index (χ1) is 19.4. The number of fused-ring (bicyclic) bond motifs is 4. The third-order valence-corrected chi connectivity index (χ3v) is 8.67. The summed E-state index contributed by atoms with van der Waals surface area (Å²) in [6.07, 6.45) is 6.87. The minimum atomic E-state index is -2.95. The van der Waals surface area contributed by atoms with Gasteiger partial charge in [0.2, 0.25) is 0 Å². The Kier molecular flexibility index (Phi) is 6.03. The van der Waals surface area contributed by atoms with Crippen LogP contribution in [0.3, 0.4) is 0 Å².